The molecule has 0 aromatic carbocycles. The highest BCUT2D eigenvalue weighted by Gasteiger charge is 2.37. The molecule has 2 N–H and O–H groups in total. The second-order valence-electron chi connectivity index (χ2n) is 5.98. The lowest BCUT2D eigenvalue weighted by Gasteiger charge is -2.37. The van der Waals surface area contributed by atoms with E-state index < -0.39 is 8.32 Å². The van der Waals surface area contributed by atoms with Gasteiger partial charge < -0.3 is 10.2 Å². The van der Waals surface area contributed by atoms with Crippen molar-refractivity contribution in [2.75, 3.05) is 6.61 Å². The molecule has 0 aliphatic heterocycles. The van der Waals surface area contributed by atoms with Crippen molar-refractivity contribution in [2.45, 2.75) is 58.8 Å². The van der Waals surface area contributed by atoms with Crippen LogP contribution in [0.4, 0.5) is 0 Å². The molecular formula is C11H28ClNOSi. The van der Waals surface area contributed by atoms with E-state index in [4.69, 9.17) is 10.2 Å². The fraction of sp³-hybridized carbons (Fsp3) is 1.00. The first-order valence-corrected chi connectivity index (χ1v) is 8.38. The van der Waals surface area contributed by atoms with Gasteiger partial charge in [-0.05, 0) is 24.1 Å². The van der Waals surface area contributed by atoms with Crippen LogP contribution in [0.2, 0.25) is 18.1 Å². The third-order valence-electron chi connectivity index (χ3n) is 3.30. The van der Waals surface area contributed by atoms with Gasteiger partial charge in [0.15, 0.2) is 8.32 Å². The lowest BCUT2D eigenvalue weighted by atomic mass is 10.1. The molecule has 0 bridgehead atoms. The van der Waals surface area contributed by atoms with Crippen molar-refractivity contribution in [1.29, 1.82) is 0 Å². The molecule has 2 nitrogen and oxygen atoms in total. The van der Waals surface area contributed by atoms with E-state index >= 15 is 0 Å². The summed E-state index contributed by atoms with van der Waals surface area (Å²) in [6, 6.07) is 0.170. The molecule has 0 spiro atoms. The maximum atomic E-state index is 6.03. The summed E-state index contributed by atoms with van der Waals surface area (Å²) >= 11 is 0. The summed E-state index contributed by atoms with van der Waals surface area (Å²) in [5.74, 6) is 0.500. The van der Waals surface area contributed by atoms with Crippen molar-refractivity contribution in [1.82, 2.24) is 0 Å². The molecule has 0 aliphatic rings. The van der Waals surface area contributed by atoms with Crippen molar-refractivity contribution in [3.05, 3.63) is 0 Å². The van der Waals surface area contributed by atoms with Crippen LogP contribution in [0.3, 0.4) is 0 Å². The van der Waals surface area contributed by atoms with Crippen LogP contribution in [0.5, 0.6) is 0 Å². The smallest absolute Gasteiger partial charge is 0.192 e. The van der Waals surface area contributed by atoms with Crippen LogP contribution >= 0.6 is 12.4 Å². The second-order valence-corrected chi connectivity index (χ2v) is 10.8. The van der Waals surface area contributed by atoms with Gasteiger partial charge in [-0.3, -0.25) is 0 Å². The SMILES string of the molecule is CC(C)[C@H](N)CO[Si](C)(C)C(C)(C)C.Cl. The fourth-order valence-electron chi connectivity index (χ4n) is 0.714. The predicted molar refractivity (Wildman–Crippen MR) is 73.2 cm³/mol. The Kier molecular flexibility index (Phi) is 7.40. The molecule has 15 heavy (non-hydrogen) atoms. The van der Waals surface area contributed by atoms with Crippen LogP contribution in [0.1, 0.15) is 34.6 Å². The first-order valence-electron chi connectivity index (χ1n) is 5.47. The normalized spacial score (nSPS) is 15.0. The highest BCUT2D eigenvalue weighted by Crippen LogP contribution is 2.36. The molecule has 0 unspecified atom stereocenters. The molecule has 0 heterocycles. The second kappa shape index (κ2) is 6.23. The molecule has 0 aliphatic carbocycles. The molecule has 94 valence electrons. The van der Waals surface area contributed by atoms with Gasteiger partial charge >= 0.3 is 0 Å². The molecule has 0 aromatic heterocycles. The zero-order valence-corrected chi connectivity index (χ0v) is 13.1. The standard InChI is InChI=1S/C11H27NOSi.ClH/c1-9(2)10(12)8-13-14(6,7)11(3,4)5;/h9-10H,8,12H2,1-7H3;1H/t10-;/m1./s1. The minimum absolute atomic E-state index is 0. The summed E-state index contributed by atoms with van der Waals surface area (Å²) < 4.78 is 6.03. The topological polar surface area (TPSA) is 35.2 Å². The maximum absolute atomic E-state index is 6.03. The molecule has 1 atom stereocenters. The Hall–Kier alpha value is 0.427. The van der Waals surface area contributed by atoms with Gasteiger partial charge in [0.1, 0.15) is 0 Å². The Morgan fingerprint density at radius 3 is 1.87 bits per heavy atom. The summed E-state index contributed by atoms with van der Waals surface area (Å²) in [4.78, 5) is 0. The summed E-state index contributed by atoms with van der Waals surface area (Å²) in [5, 5.41) is 0.281. The largest absolute Gasteiger partial charge is 0.415 e. The van der Waals surface area contributed by atoms with Gasteiger partial charge in [0.25, 0.3) is 0 Å². The number of halogens is 1. The summed E-state index contributed by atoms with van der Waals surface area (Å²) in [6.45, 7) is 16.3. The van der Waals surface area contributed by atoms with Crippen LogP contribution < -0.4 is 5.73 Å². The Balaban J connectivity index is 0. The third kappa shape index (κ3) is 5.90. The van der Waals surface area contributed by atoms with E-state index in [0.717, 1.165) is 0 Å². The highest BCUT2D eigenvalue weighted by atomic mass is 35.5. The van der Waals surface area contributed by atoms with Crippen LogP contribution in [0, 0.1) is 5.92 Å². The third-order valence-corrected chi connectivity index (χ3v) is 7.80. The molecule has 4 heteroatoms. The van der Waals surface area contributed by atoms with Crippen LogP contribution in [-0.2, 0) is 4.43 Å². The van der Waals surface area contributed by atoms with Crippen molar-refractivity contribution >= 4 is 20.7 Å². The molecule has 0 radical (unpaired) electrons. The Labute approximate surface area is 102 Å². The molecule has 0 saturated heterocycles. The predicted octanol–water partition coefficient (Wildman–Crippen LogP) is 3.41. The molecular weight excluding hydrogens is 226 g/mol. The fourth-order valence-corrected chi connectivity index (χ4v) is 1.76. The van der Waals surface area contributed by atoms with Gasteiger partial charge in [-0.2, -0.15) is 0 Å². The van der Waals surface area contributed by atoms with Gasteiger partial charge in [0, 0.05) is 12.6 Å². The monoisotopic (exact) mass is 253 g/mol. The van der Waals surface area contributed by atoms with E-state index in [1.165, 1.54) is 0 Å². The van der Waals surface area contributed by atoms with Gasteiger partial charge in [0.05, 0.1) is 0 Å². The molecule has 0 aromatic rings. The summed E-state index contributed by atoms with van der Waals surface area (Å²) in [6.07, 6.45) is 0. The van der Waals surface area contributed by atoms with E-state index in [2.05, 4.69) is 47.7 Å². The lowest BCUT2D eigenvalue weighted by molar-refractivity contribution is 0.238. The van der Waals surface area contributed by atoms with Crippen LogP contribution in [0.15, 0.2) is 0 Å². The van der Waals surface area contributed by atoms with E-state index in [1.807, 2.05) is 0 Å². The molecule has 0 saturated carbocycles. The minimum Gasteiger partial charge on any atom is -0.415 e. The van der Waals surface area contributed by atoms with Crippen molar-refractivity contribution in [3.63, 3.8) is 0 Å². The number of hydrogen-bond acceptors (Lipinski definition) is 2. The Morgan fingerprint density at radius 2 is 1.60 bits per heavy atom. The number of rotatable bonds is 4. The first kappa shape index (κ1) is 17.8. The zero-order chi connectivity index (χ0) is 11.6. The molecule has 0 amide bonds. The number of nitrogens with two attached hydrogens (primary N) is 1. The summed E-state index contributed by atoms with van der Waals surface area (Å²) in [7, 11) is -1.59. The van der Waals surface area contributed by atoms with Crippen molar-refractivity contribution in [2.24, 2.45) is 11.7 Å². The quantitative estimate of drug-likeness (QED) is 0.780. The van der Waals surface area contributed by atoms with E-state index in [1.54, 1.807) is 0 Å². The highest BCUT2D eigenvalue weighted by molar-refractivity contribution is 6.74. The summed E-state index contributed by atoms with van der Waals surface area (Å²) in [5.41, 5.74) is 5.96. The van der Waals surface area contributed by atoms with E-state index in [-0.39, 0.29) is 23.5 Å². The average Bonchev–Trinajstić information content (AvgIpc) is 1.97. The Morgan fingerprint density at radius 1 is 1.20 bits per heavy atom. The zero-order valence-electron chi connectivity index (χ0n) is 11.3. The van der Waals surface area contributed by atoms with E-state index in [0.29, 0.717) is 12.5 Å². The number of hydrogen-bond donors (Lipinski definition) is 1. The van der Waals surface area contributed by atoms with Crippen molar-refractivity contribution in [3.8, 4) is 0 Å². The van der Waals surface area contributed by atoms with Crippen LogP contribution in [0.25, 0.3) is 0 Å². The van der Waals surface area contributed by atoms with Gasteiger partial charge in [0.2, 0.25) is 0 Å². The lowest BCUT2D eigenvalue weighted by Crippen LogP contribution is -2.45. The van der Waals surface area contributed by atoms with Crippen molar-refractivity contribution < 1.29 is 4.43 Å². The molecule has 0 rings (SSSR count). The van der Waals surface area contributed by atoms with Gasteiger partial charge in [-0.1, -0.05) is 34.6 Å². The van der Waals surface area contributed by atoms with E-state index in [9.17, 15) is 0 Å². The molecule has 0 fully saturated rings. The average molecular weight is 254 g/mol. The van der Waals surface area contributed by atoms with Gasteiger partial charge in [-0.25, -0.2) is 0 Å². The first-order chi connectivity index (χ1) is 6.08. The Bertz CT molecular complexity index is 178. The minimum atomic E-state index is -1.59. The van der Waals surface area contributed by atoms with Gasteiger partial charge in [-0.15, -0.1) is 12.4 Å². The maximum Gasteiger partial charge on any atom is 0.192 e. The van der Waals surface area contributed by atoms with Crippen LogP contribution in [-0.4, -0.2) is 21.0 Å².